The van der Waals surface area contributed by atoms with Crippen LogP contribution in [-0.4, -0.2) is 23.3 Å². The molecule has 5 rings (SSSR count). The molecule has 3 aromatic rings. The minimum absolute atomic E-state index is 0.0144. The van der Waals surface area contributed by atoms with Gasteiger partial charge in [0.2, 0.25) is 5.91 Å². The summed E-state index contributed by atoms with van der Waals surface area (Å²) in [5.74, 6) is -0.973. The highest BCUT2D eigenvalue weighted by Crippen LogP contribution is 2.36. The fraction of sp³-hybridized carbons (Fsp3) is 0.240. The number of carbonyl (C=O) groups is 2. The van der Waals surface area contributed by atoms with Crippen molar-refractivity contribution in [3.8, 4) is 11.5 Å². The van der Waals surface area contributed by atoms with Gasteiger partial charge in [0.1, 0.15) is 29.0 Å². The molecule has 2 aliphatic rings. The molecule has 2 aromatic carbocycles. The summed E-state index contributed by atoms with van der Waals surface area (Å²) in [4.78, 5) is 31.2. The molecule has 0 atom stereocenters. The first-order valence-corrected chi connectivity index (χ1v) is 11.0. The van der Waals surface area contributed by atoms with Crippen LogP contribution in [-0.2, 0) is 17.4 Å². The maximum Gasteiger partial charge on any atom is 0.419 e. The van der Waals surface area contributed by atoms with Crippen LogP contribution < -0.4 is 15.0 Å². The number of benzene rings is 2. The van der Waals surface area contributed by atoms with Crippen molar-refractivity contribution in [2.75, 3.05) is 16.8 Å². The number of hydrogen-bond acceptors (Lipinski definition) is 4. The molecule has 1 aliphatic carbocycles. The molecule has 2 amide bonds. The Hall–Kier alpha value is -3.95. The van der Waals surface area contributed by atoms with Crippen molar-refractivity contribution in [3.05, 3.63) is 77.1 Å². The summed E-state index contributed by atoms with van der Waals surface area (Å²) in [7, 11) is 0. The zero-order valence-electron chi connectivity index (χ0n) is 18.2. The maximum absolute atomic E-state index is 14.0. The van der Waals surface area contributed by atoms with Gasteiger partial charge in [0.25, 0.3) is 5.91 Å². The van der Waals surface area contributed by atoms with Gasteiger partial charge in [0.05, 0.1) is 5.56 Å². The molecule has 2 heterocycles. The first-order chi connectivity index (χ1) is 16.7. The predicted molar refractivity (Wildman–Crippen MR) is 119 cm³/mol. The van der Waals surface area contributed by atoms with Gasteiger partial charge in [-0.3, -0.25) is 14.5 Å². The Kier molecular flexibility index (Phi) is 5.66. The van der Waals surface area contributed by atoms with E-state index >= 15 is 0 Å². The molecule has 0 saturated heterocycles. The van der Waals surface area contributed by atoms with Crippen LogP contribution >= 0.6 is 0 Å². The summed E-state index contributed by atoms with van der Waals surface area (Å²) in [6.07, 6.45) is -2.72. The second-order valence-electron chi connectivity index (χ2n) is 8.38. The number of anilines is 2. The standard InChI is InChI=1S/C25H19F4N3O3/c26-19-13-15(9-10-18(19)25(27,28)29)35-20-4-1-3-17-16(20)11-12-32(24(17)34)22-6-2-5-21(30-22)31-23(33)14-7-8-14/h1-6,9-10,13-14H,7-8,11-12H2,(H,30,31,33). The first kappa shape index (κ1) is 22.8. The fourth-order valence-corrected chi connectivity index (χ4v) is 3.94. The van der Waals surface area contributed by atoms with E-state index in [1.165, 1.54) is 4.90 Å². The van der Waals surface area contributed by atoms with Crippen molar-refractivity contribution < 1.29 is 31.9 Å². The van der Waals surface area contributed by atoms with Gasteiger partial charge in [-0.1, -0.05) is 12.1 Å². The van der Waals surface area contributed by atoms with Gasteiger partial charge in [-0.25, -0.2) is 9.37 Å². The normalized spacial score (nSPS) is 15.5. The average Bonchev–Trinajstić information content (AvgIpc) is 3.65. The number of halogens is 4. The fourth-order valence-electron chi connectivity index (χ4n) is 3.94. The number of alkyl halides is 3. The van der Waals surface area contributed by atoms with Gasteiger partial charge in [0.15, 0.2) is 0 Å². The Bertz CT molecular complexity index is 1320. The Morgan fingerprint density at radius 1 is 1.09 bits per heavy atom. The number of carbonyl (C=O) groups excluding carboxylic acids is 2. The van der Waals surface area contributed by atoms with Crippen LogP contribution in [0.15, 0.2) is 54.6 Å². The molecule has 1 saturated carbocycles. The van der Waals surface area contributed by atoms with Crippen LogP contribution in [0.3, 0.4) is 0 Å². The predicted octanol–water partition coefficient (Wildman–Crippen LogP) is 5.58. The summed E-state index contributed by atoms with van der Waals surface area (Å²) in [5.41, 5.74) is -0.476. The van der Waals surface area contributed by atoms with Crippen molar-refractivity contribution in [1.29, 1.82) is 0 Å². The molecular weight excluding hydrogens is 466 g/mol. The van der Waals surface area contributed by atoms with Gasteiger partial charge in [-0.15, -0.1) is 0 Å². The van der Waals surface area contributed by atoms with E-state index in [1.807, 2.05) is 0 Å². The lowest BCUT2D eigenvalue weighted by Crippen LogP contribution is -2.38. The number of amides is 2. The summed E-state index contributed by atoms with van der Waals surface area (Å²) < 4.78 is 58.1. The lowest BCUT2D eigenvalue weighted by molar-refractivity contribution is -0.140. The number of aromatic nitrogens is 1. The zero-order valence-corrected chi connectivity index (χ0v) is 18.2. The van der Waals surface area contributed by atoms with Crippen LogP contribution in [0.5, 0.6) is 11.5 Å². The quantitative estimate of drug-likeness (QED) is 0.479. The van der Waals surface area contributed by atoms with Crippen LogP contribution in [0.2, 0.25) is 0 Å². The molecule has 10 heteroatoms. The van der Waals surface area contributed by atoms with Gasteiger partial charge in [0, 0.05) is 29.7 Å². The van der Waals surface area contributed by atoms with Crippen molar-refractivity contribution >= 4 is 23.5 Å². The monoisotopic (exact) mass is 485 g/mol. The minimum Gasteiger partial charge on any atom is -0.457 e. The summed E-state index contributed by atoms with van der Waals surface area (Å²) in [5, 5.41) is 2.76. The summed E-state index contributed by atoms with van der Waals surface area (Å²) in [6.45, 7) is 0.264. The van der Waals surface area contributed by atoms with Crippen LogP contribution in [0.1, 0.15) is 34.3 Å². The average molecular weight is 485 g/mol. The molecule has 180 valence electrons. The van der Waals surface area contributed by atoms with E-state index in [0.29, 0.717) is 41.3 Å². The second kappa shape index (κ2) is 8.68. The molecular formula is C25H19F4N3O3. The number of ether oxygens (including phenoxy) is 1. The molecule has 0 radical (unpaired) electrons. The van der Waals surface area contributed by atoms with Gasteiger partial charge >= 0.3 is 6.18 Å². The maximum atomic E-state index is 14.0. The zero-order chi connectivity index (χ0) is 24.7. The summed E-state index contributed by atoms with van der Waals surface area (Å²) >= 11 is 0. The number of nitrogens with zero attached hydrogens (tertiary/aromatic N) is 2. The van der Waals surface area contributed by atoms with Crippen molar-refractivity contribution in [2.24, 2.45) is 5.92 Å². The van der Waals surface area contributed by atoms with E-state index in [-0.39, 0.29) is 35.8 Å². The minimum atomic E-state index is -4.81. The number of fused-ring (bicyclic) bond motifs is 1. The largest absolute Gasteiger partial charge is 0.457 e. The molecule has 0 bridgehead atoms. The van der Waals surface area contributed by atoms with E-state index in [0.717, 1.165) is 18.9 Å². The van der Waals surface area contributed by atoms with Crippen molar-refractivity contribution in [3.63, 3.8) is 0 Å². The molecule has 6 nitrogen and oxygen atoms in total. The summed E-state index contributed by atoms with van der Waals surface area (Å²) in [6, 6.07) is 12.1. The Labute approximate surface area is 197 Å². The third-order valence-corrected chi connectivity index (χ3v) is 5.88. The van der Waals surface area contributed by atoms with Gasteiger partial charge < -0.3 is 10.1 Å². The van der Waals surface area contributed by atoms with E-state index in [1.54, 1.807) is 36.4 Å². The number of hydrogen-bond donors (Lipinski definition) is 1. The highest BCUT2D eigenvalue weighted by atomic mass is 19.4. The smallest absolute Gasteiger partial charge is 0.419 e. The van der Waals surface area contributed by atoms with E-state index in [4.69, 9.17) is 4.74 Å². The highest BCUT2D eigenvalue weighted by molar-refractivity contribution is 6.08. The van der Waals surface area contributed by atoms with Crippen molar-refractivity contribution in [1.82, 2.24) is 4.98 Å². The van der Waals surface area contributed by atoms with Gasteiger partial charge in [-0.05, 0) is 55.7 Å². The second-order valence-corrected chi connectivity index (χ2v) is 8.38. The van der Waals surface area contributed by atoms with Crippen molar-refractivity contribution in [2.45, 2.75) is 25.4 Å². The number of rotatable bonds is 5. The van der Waals surface area contributed by atoms with Crippen LogP contribution in [0, 0.1) is 11.7 Å². The first-order valence-electron chi connectivity index (χ1n) is 11.0. The Morgan fingerprint density at radius 3 is 2.57 bits per heavy atom. The van der Waals surface area contributed by atoms with E-state index in [9.17, 15) is 27.2 Å². The number of nitrogens with one attached hydrogen (secondary N) is 1. The van der Waals surface area contributed by atoms with Crippen LogP contribution in [0.4, 0.5) is 29.2 Å². The third kappa shape index (κ3) is 4.68. The molecule has 1 fully saturated rings. The lowest BCUT2D eigenvalue weighted by atomic mass is 9.98. The van der Waals surface area contributed by atoms with Gasteiger partial charge in [-0.2, -0.15) is 13.2 Å². The molecule has 0 unspecified atom stereocenters. The SMILES string of the molecule is O=C(Nc1cccc(N2CCc3c(Oc4ccc(C(F)(F)F)c(F)c4)cccc3C2=O)n1)C1CC1. The molecule has 0 spiro atoms. The van der Waals surface area contributed by atoms with Crippen LogP contribution in [0.25, 0.3) is 0 Å². The molecule has 35 heavy (non-hydrogen) atoms. The van der Waals surface area contributed by atoms with E-state index in [2.05, 4.69) is 10.3 Å². The number of pyridine rings is 1. The highest BCUT2D eigenvalue weighted by Gasteiger charge is 2.34. The topological polar surface area (TPSA) is 71.5 Å². The lowest BCUT2D eigenvalue weighted by Gasteiger charge is -2.29. The molecule has 1 aromatic heterocycles. The molecule has 1 N–H and O–H groups in total. The Balaban J connectivity index is 1.37. The third-order valence-electron chi connectivity index (χ3n) is 5.88. The molecule has 1 aliphatic heterocycles. The Morgan fingerprint density at radius 2 is 1.86 bits per heavy atom. The van der Waals surface area contributed by atoms with E-state index < -0.39 is 17.6 Å².